The number of aliphatic hydroxyl groups is 1. The van der Waals surface area contributed by atoms with Gasteiger partial charge in [-0.2, -0.15) is 0 Å². The summed E-state index contributed by atoms with van der Waals surface area (Å²) >= 11 is 0. The largest absolute Gasteiger partial charge is 0.472 e. The summed E-state index contributed by atoms with van der Waals surface area (Å²) in [4.78, 5) is 73.0. The molecule has 0 aliphatic carbocycles. The Labute approximate surface area is 619 Å². The molecule has 0 spiro atoms. The van der Waals surface area contributed by atoms with Crippen LogP contribution in [-0.2, 0) is 65.4 Å². The van der Waals surface area contributed by atoms with Crippen LogP contribution in [0.4, 0.5) is 0 Å². The standard InChI is InChI=1S/C82H160O17P2/c1-8-11-12-13-14-15-16-17-18-19-20-21-22-23-28-31-37-42-51-58-65-81(86)98-77(69-92-79(84)63-56-49-41-36-30-27-25-24-26-29-35-40-47-54-61-74(6)9-2)71-96-100(88,89)94-67-76(83)68-95-101(90,91)97-72-78(70-93-80(85)64-57-50-45-44-48-55-62-75(7)10-3)99-82(87)66-59-52-43-38-33-32-34-39-46-53-60-73(4)5/h73-78,83H,8-72H2,1-7H3,(H,88,89)(H,90,91)/t74?,75?,76-,77-,78-/m1/s1. The molecule has 600 valence electrons. The van der Waals surface area contributed by atoms with Gasteiger partial charge in [0.05, 0.1) is 26.4 Å². The van der Waals surface area contributed by atoms with E-state index in [1.807, 2.05) is 0 Å². The zero-order valence-corrected chi connectivity index (χ0v) is 68.2. The van der Waals surface area contributed by atoms with Crippen LogP contribution < -0.4 is 0 Å². The molecule has 17 nitrogen and oxygen atoms in total. The fourth-order valence-corrected chi connectivity index (χ4v) is 14.2. The maximum atomic E-state index is 13.1. The van der Waals surface area contributed by atoms with E-state index in [-0.39, 0.29) is 25.7 Å². The molecule has 0 amide bonds. The fraction of sp³-hybridized carbons (Fsp3) is 0.951. The van der Waals surface area contributed by atoms with Gasteiger partial charge in [-0.25, -0.2) is 9.13 Å². The molecule has 0 bridgehead atoms. The minimum absolute atomic E-state index is 0.105. The Kier molecular flexibility index (Phi) is 70.9. The van der Waals surface area contributed by atoms with Gasteiger partial charge >= 0.3 is 39.5 Å². The summed E-state index contributed by atoms with van der Waals surface area (Å²) in [6.45, 7) is 11.9. The smallest absolute Gasteiger partial charge is 0.462 e. The van der Waals surface area contributed by atoms with Crippen LogP contribution in [0.15, 0.2) is 0 Å². The predicted octanol–water partition coefficient (Wildman–Crippen LogP) is 24.5. The molecule has 0 fully saturated rings. The average Bonchev–Trinajstić information content (AvgIpc) is 2.16. The molecule has 7 atom stereocenters. The first kappa shape index (κ1) is 99.1. The monoisotopic (exact) mass is 1480 g/mol. The molecule has 0 aromatic carbocycles. The van der Waals surface area contributed by atoms with Crippen molar-refractivity contribution in [2.24, 2.45) is 17.8 Å². The van der Waals surface area contributed by atoms with Gasteiger partial charge in [0.2, 0.25) is 0 Å². The van der Waals surface area contributed by atoms with Gasteiger partial charge in [-0.05, 0) is 43.4 Å². The second kappa shape index (κ2) is 72.3. The van der Waals surface area contributed by atoms with E-state index in [0.29, 0.717) is 25.7 Å². The van der Waals surface area contributed by atoms with E-state index in [9.17, 15) is 43.2 Å². The highest BCUT2D eigenvalue weighted by Crippen LogP contribution is 2.45. The van der Waals surface area contributed by atoms with Crippen molar-refractivity contribution >= 4 is 39.5 Å². The van der Waals surface area contributed by atoms with Crippen molar-refractivity contribution in [3.63, 3.8) is 0 Å². The van der Waals surface area contributed by atoms with E-state index >= 15 is 0 Å². The van der Waals surface area contributed by atoms with Crippen molar-refractivity contribution in [1.82, 2.24) is 0 Å². The molecule has 0 aliphatic heterocycles. The number of hydrogen-bond acceptors (Lipinski definition) is 15. The second-order valence-electron chi connectivity index (χ2n) is 30.5. The Bertz CT molecular complexity index is 1960. The van der Waals surface area contributed by atoms with Crippen LogP contribution in [0.2, 0.25) is 0 Å². The first-order chi connectivity index (χ1) is 48.8. The number of aliphatic hydroxyl groups excluding tert-OH is 1. The van der Waals surface area contributed by atoms with Crippen LogP contribution in [0.1, 0.15) is 427 Å². The molecular formula is C82H160O17P2. The first-order valence-corrected chi connectivity index (χ1v) is 45.4. The molecule has 3 N–H and O–H groups in total. The molecule has 0 saturated heterocycles. The van der Waals surface area contributed by atoms with Crippen LogP contribution in [0.3, 0.4) is 0 Å². The Hall–Kier alpha value is -1.94. The lowest BCUT2D eigenvalue weighted by atomic mass is 9.99. The number of carbonyl (C=O) groups excluding carboxylic acids is 4. The summed E-state index contributed by atoms with van der Waals surface area (Å²) in [5.74, 6) is 0.221. The van der Waals surface area contributed by atoms with Gasteiger partial charge in [-0.1, -0.05) is 376 Å². The van der Waals surface area contributed by atoms with E-state index in [1.54, 1.807) is 0 Å². The topological polar surface area (TPSA) is 237 Å². The van der Waals surface area contributed by atoms with Gasteiger partial charge in [-0.15, -0.1) is 0 Å². The number of carbonyl (C=O) groups is 4. The molecule has 4 unspecified atom stereocenters. The second-order valence-corrected chi connectivity index (χ2v) is 33.4. The third kappa shape index (κ3) is 73.4. The van der Waals surface area contributed by atoms with Crippen molar-refractivity contribution in [1.29, 1.82) is 0 Å². The van der Waals surface area contributed by atoms with E-state index in [0.717, 1.165) is 114 Å². The van der Waals surface area contributed by atoms with Gasteiger partial charge in [0.15, 0.2) is 12.2 Å². The van der Waals surface area contributed by atoms with Crippen molar-refractivity contribution < 1.29 is 80.2 Å². The highest BCUT2D eigenvalue weighted by molar-refractivity contribution is 7.47. The lowest BCUT2D eigenvalue weighted by Gasteiger charge is -2.21. The third-order valence-electron chi connectivity index (χ3n) is 19.9. The summed E-state index contributed by atoms with van der Waals surface area (Å²) < 4.78 is 68.7. The molecular weight excluding hydrogens is 1320 g/mol. The summed E-state index contributed by atoms with van der Waals surface area (Å²) in [6, 6.07) is 0. The van der Waals surface area contributed by atoms with Crippen molar-refractivity contribution in [2.45, 2.75) is 446 Å². The minimum Gasteiger partial charge on any atom is -0.462 e. The van der Waals surface area contributed by atoms with Crippen molar-refractivity contribution in [3.05, 3.63) is 0 Å². The Morgan fingerprint density at radius 3 is 0.752 bits per heavy atom. The van der Waals surface area contributed by atoms with Crippen molar-refractivity contribution in [2.75, 3.05) is 39.6 Å². The number of esters is 4. The quantitative estimate of drug-likeness (QED) is 0.0222. The lowest BCUT2D eigenvalue weighted by molar-refractivity contribution is -0.161. The summed E-state index contributed by atoms with van der Waals surface area (Å²) in [7, 11) is -9.92. The molecule has 0 heterocycles. The number of phosphoric acid groups is 2. The van der Waals surface area contributed by atoms with E-state index < -0.39 is 97.5 Å². The van der Waals surface area contributed by atoms with Crippen LogP contribution in [0.25, 0.3) is 0 Å². The number of rotatable bonds is 80. The Balaban J connectivity index is 5.24. The van der Waals surface area contributed by atoms with Gasteiger partial charge < -0.3 is 33.8 Å². The number of hydrogen-bond donors (Lipinski definition) is 3. The normalized spacial score (nSPS) is 14.5. The number of ether oxygens (including phenoxy) is 4. The van der Waals surface area contributed by atoms with Gasteiger partial charge in [0.1, 0.15) is 19.3 Å². The minimum atomic E-state index is -4.96. The molecule has 0 radical (unpaired) electrons. The van der Waals surface area contributed by atoms with Crippen LogP contribution >= 0.6 is 15.6 Å². The molecule has 0 rings (SSSR count). The zero-order valence-electron chi connectivity index (χ0n) is 66.4. The Morgan fingerprint density at radius 1 is 0.287 bits per heavy atom. The maximum absolute atomic E-state index is 13.1. The van der Waals surface area contributed by atoms with Crippen molar-refractivity contribution in [3.8, 4) is 0 Å². The summed E-state index contributed by atoms with van der Waals surface area (Å²) in [6.07, 6.45) is 61.1. The molecule has 0 aliphatic rings. The number of phosphoric ester groups is 2. The molecule has 0 aromatic rings. The van der Waals surface area contributed by atoms with E-state index in [1.165, 1.54) is 231 Å². The molecule has 101 heavy (non-hydrogen) atoms. The molecule has 0 aromatic heterocycles. The molecule has 19 heteroatoms. The van der Waals surface area contributed by atoms with E-state index in [4.69, 9.17) is 37.0 Å². The SMILES string of the molecule is CCCCCCCCCCCCCCCCCCCCCCC(=O)O[C@H](COC(=O)CCCCCCCCCCCCCCCCC(C)CC)COP(=O)(O)OC[C@@H](O)COP(=O)(O)OC[C@@H](COC(=O)CCCCCCCCC(C)CC)OC(=O)CCCCCCCCCCCCC(C)C. The fourth-order valence-electron chi connectivity index (χ4n) is 12.6. The predicted molar refractivity (Wildman–Crippen MR) is 414 cm³/mol. The highest BCUT2D eigenvalue weighted by Gasteiger charge is 2.30. The van der Waals surface area contributed by atoms with Crippen LogP contribution in [-0.4, -0.2) is 96.7 Å². The third-order valence-corrected chi connectivity index (χ3v) is 21.8. The lowest BCUT2D eigenvalue weighted by Crippen LogP contribution is -2.30. The highest BCUT2D eigenvalue weighted by atomic mass is 31.2. The van der Waals surface area contributed by atoms with E-state index in [2.05, 4.69) is 48.5 Å². The first-order valence-electron chi connectivity index (χ1n) is 42.4. The average molecular weight is 1480 g/mol. The van der Waals surface area contributed by atoms with Crippen LogP contribution in [0.5, 0.6) is 0 Å². The molecule has 0 saturated carbocycles. The maximum Gasteiger partial charge on any atom is 0.472 e. The summed E-state index contributed by atoms with van der Waals surface area (Å²) in [5, 5.41) is 10.6. The zero-order chi connectivity index (χ0) is 74.4. The van der Waals surface area contributed by atoms with Gasteiger partial charge in [0.25, 0.3) is 0 Å². The van der Waals surface area contributed by atoms with Crippen LogP contribution in [0, 0.1) is 17.8 Å². The van der Waals surface area contributed by atoms with Gasteiger partial charge in [-0.3, -0.25) is 37.3 Å². The Morgan fingerprint density at radius 2 is 0.505 bits per heavy atom. The summed E-state index contributed by atoms with van der Waals surface area (Å²) in [5.41, 5.74) is 0. The van der Waals surface area contributed by atoms with Gasteiger partial charge in [0, 0.05) is 25.7 Å². The number of unbranched alkanes of at least 4 members (excludes halogenated alkanes) is 46.